The van der Waals surface area contributed by atoms with Gasteiger partial charge in [-0.2, -0.15) is 0 Å². The fourth-order valence-corrected chi connectivity index (χ4v) is 2.92. The van der Waals surface area contributed by atoms with E-state index in [0.29, 0.717) is 22.7 Å². The largest absolute Gasteiger partial charge is 0.368 e. The maximum atomic E-state index is 13.1. The zero-order valence-electron chi connectivity index (χ0n) is 11.6. The summed E-state index contributed by atoms with van der Waals surface area (Å²) < 4.78 is 18.8. The van der Waals surface area contributed by atoms with E-state index in [1.807, 2.05) is 24.5 Å². The van der Waals surface area contributed by atoms with E-state index < -0.39 is 6.67 Å². The van der Waals surface area contributed by atoms with Crippen molar-refractivity contribution in [2.24, 2.45) is 0 Å². The lowest BCUT2D eigenvalue weighted by Gasteiger charge is -2.25. The van der Waals surface area contributed by atoms with Crippen molar-refractivity contribution in [1.82, 2.24) is 9.97 Å². The van der Waals surface area contributed by atoms with Crippen LogP contribution in [0.5, 0.6) is 0 Å². The van der Waals surface area contributed by atoms with Crippen LogP contribution in [0.2, 0.25) is 0 Å². The van der Waals surface area contributed by atoms with Gasteiger partial charge in [0.15, 0.2) is 5.16 Å². The van der Waals surface area contributed by atoms with Gasteiger partial charge < -0.3 is 9.72 Å². The van der Waals surface area contributed by atoms with E-state index in [1.165, 1.54) is 11.8 Å². The minimum absolute atomic E-state index is 0.151. The Morgan fingerprint density at radius 2 is 2.29 bits per heavy atom. The van der Waals surface area contributed by atoms with Gasteiger partial charge in [0.25, 0.3) is 5.56 Å². The Hall–Kier alpha value is -1.66. The highest BCUT2D eigenvalue weighted by molar-refractivity contribution is 7.98. The average Bonchev–Trinajstić information content (AvgIpc) is 2.54. The van der Waals surface area contributed by atoms with Crippen molar-refractivity contribution < 1.29 is 9.13 Å². The van der Waals surface area contributed by atoms with Gasteiger partial charge >= 0.3 is 0 Å². The van der Waals surface area contributed by atoms with Crippen LogP contribution in [-0.2, 0) is 24.4 Å². The molecule has 0 fully saturated rings. The number of fused-ring (bicyclic) bond motifs is 1. The van der Waals surface area contributed by atoms with Crippen LogP contribution in [0.4, 0.5) is 4.39 Å². The minimum atomic E-state index is -0.526. The van der Waals surface area contributed by atoms with E-state index >= 15 is 0 Å². The number of halogens is 1. The second-order valence-electron chi connectivity index (χ2n) is 4.84. The number of H-pyrrole nitrogens is 1. The van der Waals surface area contributed by atoms with Gasteiger partial charge in [0.05, 0.1) is 24.0 Å². The summed E-state index contributed by atoms with van der Waals surface area (Å²) in [6, 6.07) is 7.30. The fraction of sp³-hybridized carbons (Fsp3) is 0.333. The van der Waals surface area contributed by atoms with Gasteiger partial charge in [-0.25, -0.2) is 9.37 Å². The van der Waals surface area contributed by atoms with Crippen LogP contribution >= 0.6 is 11.8 Å². The quantitative estimate of drug-likeness (QED) is 0.700. The molecule has 0 amide bonds. The predicted molar refractivity (Wildman–Crippen MR) is 79.1 cm³/mol. The summed E-state index contributed by atoms with van der Waals surface area (Å²) in [4.78, 5) is 19.1. The van der Waals surface area contributed by atoms with E-state index in [2.05, 4.69) is 9.97 Å². The fourth-order valence-electron chi connectivity index (χ4n) is 2.52. The second kappa shape index (κ2) is 5.99. The van der Waals surface area contributed by atoms with Crippen LogP contribution in [0.25, 0.3) is 0 Å². The van der Waals surface area contributed by atoms with Crippen molar-refractivity contribution >= 4 is 11.8 Å². The van der Waals surface area contributed by atoms with Crippen LogP contribution in [-0.4, -0.2) is 16.2 Å². The highest BCUT2D eigenvalue weighted by atomic mass is 32.2. The number of nitrogens with zero attached hydrogens (tertiary/aromatic N) is 1. The van der Waals surface area contributed by atoms with Crippen molar-refractivity contribution in [1.29, 1.82) is 0 Å². The number of hydrogen-bond donors (Lipinski definition) is 1. The molecule has 1 aromatic carbocycles. The highest BCUT2D eigenvalue weighted by Gasteiger charge is 2.26. The molecular formula is C15H15FN2O2S. The molecular weight excluding hydrogens is 291 g/mol. The first-order valence-electron chi connectivity index (χ1n) is 6.64. The lowest BCUT2D eigenvalue weighted by molar-refractivity contribution is 0.0239. The first-order valence-corrected chi connectivity index (χ1v) is 7.87. The van der Waals surface area contributed by atoms with Crippen molar-refractivity contribution in [3.63, 3.8) is 0 Å². The third-order valence-electron chi connectivity index (χ3n) is 3.63. The molecule has 0 aliphatic carbocycles. The SMILES string of the molecule is CSc1nc2c(c(=O)[nH]1)COC(c1ccccc1CF)C2. The molecule has 6 heteroatoms. The van der Waals surface area contributed by atoms with Crippen LogP contribution in [0.1, 0.15) is 28.5 Å². The molecule has 2 aromatic rings. The lowest BCUT2D eigenvalue weighted by Crippen LogP contribution is -2.26. The molecule has 1 unspecified atom stereocenters. The number of rotatable bonds is 3. The number of thioether (sulfide) groups is 1. The summed E-state index contributed by atoms with van der Waals surface area (Å²) in [7, 11) is 0. The number of hydrogen-bond acceptors (Lipinski definition) is 4. The summed E-state index contributed by atoms with van der Waals surface area (Å²) >= 11 is 1.39. The molecule has 0 bridgehead atoms. The van der Waals surface area contributed by atoms with Gasteiger partial charge in [0.1, 0.15) is 6.67 Å². The smallest absolute Gasteiger partial charge is 0.257 e. The highest BCUT2D eigenvalue weighted by Crippen LogP contribution is 2.31. The Kier molecular flexibility index (Phi) is 4.07. The zero-order valence-corrected chi connectivity index (χ0v) is 12.4. The molecule has 1 aliphatic rings. The van der Waals surface area contributed by atoms with E-state index in [-0.39, 0.29) is 18.3 Å². The van der Waals surface area contributed by atoms with E-state index in [9.17, 15) is 9.18 Å². The van der Waals surface area contributed by atoms with E-state index in [4.69, 9.17) is 4.74 Å². The zero-order chi connectivity index (χ0) is 14.8. The number of benzene rings is 1. The van der Waals surface area contributed by atoms with Crippen molar-refractivity contribution in [3.8, 4) is 0 Å². The molecule has 0 spiro atoms. The molecule has 0 saturated carbocycles. The topological polar surface area (TPSA) is 55.0 Å². The predicted octanol–water partition coefficient (Wildman–Crippen LogP) is 2.78. The van der Waals surface area contributed by atoms with Gasteiger partial charge in [-0.15, -0.1) is 0 Å². The Bertz CT molecular complexity index is 717. The molecule has 0 radical (unpaired) electrons. The average molecular weight is 306 g/mol. The van der Waals surface area contributed by atoms with Gasteiger partial charge in [-0.3, -0.25) is 4.79 Å². The lowest BCUT2D eigenvalue weighted by atomic mass is 9.96. The van der Waals surface area contributed by atoms with E-state index in [1.54, 1.807) is 6.07 Å². The van der Waals surface area contributed by atoms with Crippen LogP contribution in [0.15, 0.2) is 34.2 Å². The molecule has 1 atom stereocenters. The Morgan fingerprint density at radius 3 is 3.05 bits per heavy atom. The molecule has 3 rings (SSSR count). The normalized spacial score (nSPS) is 17.5. The van der Waals surface area contributed by atoms with E-state index in [0.717, 1.165) is 11.3 Å². The molecule has 4 nitrogen and oxygen atoms in total. The Labute approximate surface area is 125 Å². The van der Waals surface area contributed by atoms with Crippen LogP contribution in [0.3, 0.4) is 0 Å². The van der Waals surface area contributed by atoms with Crippen molar-refractivity contribution in [3.05, 3.63) is 57.0 Å². The number of alkyl halides is 1. The number of ether oxygens (including phenoxy) is 1. The number of aromatic amines is 1. The maximum Gasteiger partial charge on any atom is 0.257 e. The molecule has 1 aliphatic heterocycles. The third-order valence-corrected chi connectivity index (χ3v) is 4.21. The standard InChI is InChI=1S/C15H15FN2O2S/c1-21-15-17-12-6-13(20-8-11(12)14(19)18-15)10-5-3-2-4-9(10)7-16/h2-5,13H,6-8H2,1H3,(H,17,18,19). The molecule has 2 heterocycles. The summed E-state index contributed by atoms with van der Waals surface area (Å²) in [6.45, 7) is -0.320. The van der Waals surface area contributed by atoms with Crippen LogP contribution < -0.4 is 5.56 Å². The minimum Gasteiger partial charge on any atom is -0.368 e. The summed E-state index contributed by atoms with van der Waals surface area (Å²) in [6.07, 6.45) is 2.09. The Balaban J connectivity index is 1.97. The van der Waals surface area contributed by atoms with Crippen molar-refractivity contribution in [2.45, 2.75) is 31.0 Å². The number of nitrogens with one attached hydrogen (secondary N) is 1. The summed E-state index contributed by atoms with van der Waals surface area (Å²) in [5.74, 6) is 0. The number of aromatic nitrogens is 2. The summed E-state index contributed by atoms with van der Waals surface area (Å²) in [5.41, 5.74) is 2.62. The Morgan fingerprint density at radius 1 is 1.48 bits per heavy atom. The third kappa shape index (κ3) is 2.73. The van der Waals surface area contributed by atoms with Crippen molar-refractivity contribution in [2.75, 3.05) is 6.26 Å². The monoisotopic (exact) mass is 306 g/mol. The molecule has 110 valence electrons. The van der Waals surface area contributed by atoms with Gasteiger partial charge in [0, 0.05) is 6.42 Å². The first kappa shape index (κ1) is 14.3. The van der Waals surface area contributed by atoms with Crippen LogP contribution in [0, 0.1) is 0 Å². The molecule has 21 heavy (non-hydrogen) atoms. The summed E-state index contributed by atoms with van der Waals surface area (Å²) in [5, 5.41) is 0.596. The van der Waals surface area contributed by atoms with Gasteiger partial charge in [-0.05, 0) is 17.4 Å². The molecule has 0 saturated heterocycles. The first-order chi connectivity index (χ1) is 10.2. The second-order valence-corrected chi connectivity index (χ2v) is 5.63. The molecule has 1 aromatic heterocycles. The maximum absolute atomic E-state index is 13.1. The van der Waals surface area contributed by atoms with Gasteiger partial charge in [0.2, 0.25) is 0 Å². The van der Waals surface area contributed by atoms with Gasteiger partial charge in [-0.1, -0.05) is 36.0 Å². The molecule has 1 N–H and O–H groups in total.